The average molecular weight is 1430 g/mol. The molecule has 24 N–H and O–H groups in total. The third-order valence-electron chi connectivity index (χ3n) is 12.8. The Morgan fingerprint density at radius 2 is 0.489 bits per heavy atom. The van der Waals surface area contributed by atoms with Gasteiger partial charge in [0.15, 0.2) is 24.4 Å². The van der Waals surface area contributed by atoms with Crippen LogP contribution in [0.15, 0.2) is 0 Å². The second-order valence-corrected chi connectivity index (χ2v) is 19.4. The molecule has 0 heterocycles. The van der Waals surface area contributed by atoms with Crippen molar-refractivity contribution in [1.29, 1.82) is 0 Å². The summed E-state index contributed by atoms with van der Waals surface area (Å²) in [5.41, 5.74) is 0. The predicted octanol–water partition coefficient (Wildman–Crippen LogP) is -23.0. The number of nitrogens with zero attached hydrogens (tertiary/aromatic N) is 5. The van der Waals surface area contributed by atoms with Crippen LogP contribution in [0.2, 0.25) is 0 Å². The van der Waals surface area contributed by atoms with Crippen LogP contribution in [0.5, 0.6) is 0 Å². The first-order valence-corrected chi connectivity index (χ1v) is 26.4. The van der Waals surface area contributed by atoms with Crippen molar-refractivity contribution in [2.24, 2.45) is 0 Å². The van der Waals surface area contributed by atoms with Crippen molar-refractivity contribution in [2.45, 2.75) is 97.7 Å². The Kier molecular flexibility index (Phi) is 43.8. The van der Waals surface area contributed by atoms with Crippen LogP contribution < -0.4 is 36.6 Å². The van der Waals surface area contributed by atoms with Crippen molar-refractivity contribution in [3.63, 3.8) is 0 Å². The second kappa shape index (κ2) is 45.0. The van der Waals surface area contributed by atoms with E-state index in [1.807, 2.05) is 0 Å². The number of carbonyl (C=O) groups excluding carboxylic acids is 9. The predicted molar refractivity (Wildman–Crippen MR) is 274 cm³/mol. The van der Waals surface area contributed by atoms with Gasteiger partial charge >= 0.3 is 39.9 Å². The number of aliphatic hydroxyl groups is 20. The summed E-state index contributed by atoms with van der Waals surface area (Å²) in [6.07, 6.45) is -36.3. The van der Waals surface area contributed by atoms with Gasteiger partial charge in [-0.3, -0.25) is 43.5 Å². The summed E-state index contributed by atoms with van der Waals surface area (Å²) < 4.78 is 0. The second-order valence-electron chi connectivity index (χ2n) is 19.4. The van der Waals surface area contributed by atoms with Crippen molar-refractivity contribution < 1.29 is 201 Å². The molecule has 511 valence electrons. The third-order valence-corrected chi connectivity index (χ3v) is 12.8. The molecular weight excluding hydrogens is 1350 g/mol. The van der Waals surface area contributed by atoms with E-state index in [-0.39, 0.29) is 39.9 Å². The van der Waals surface area contributed by atoms with E-state index in [9.17, 15) is 140 Å². The number of rotatable bonds is 48. The number of hydrogen-bond donors (Lipinski definition) is 24. The SMILES string of the molecule is O=C([O-])CN(CCN(CC(=O)[O-])CC(=O)N(CCNC(=O)[C@@H](O)[C@H](O)[C@H](O)[C@@H](O)CO)CCNC(=O)[C@@H](O)[C@H](O)[C@H](O)[C@@H](O)CO)CCN(CC(=O)[O-])CC(=O)N(CCNC(=O)[C@@H](O)[C@H](O)[C@H](O)[C@@H](O)CO)CCNC(=O)[C@@H](O)[C@H](O)[C@H](O)[C@@H](O)CO.[Gd+3]. The first kappa shape index (κ1) is 85.7. The van der Waals surface area contributed by atoms with E-state index in [1.54, 1.807) is 0 Å². The molecule has 0 aliphatic rings. The molecule has 0 aromatic heterocycles. The van der Waals surface area contributed by atoms with Crippen molar-refractivity contribution in [1.82, 2.24) is 45.8 Å². The fourth-order valence-electron chi connectivity index (χ4n) is 7.50. The summed E-state index contributed by atoms with van der Waals surface area (Å²) in [6.45, 7) is -16.5. The summed E-state index contributed by atoms with van der Waals surface area (Å²) in [4.78, 5) is 118. The molecule has 0 aliphatic carbocycles. The first-order valence-electron chi connectivity index (χ1n) is 26.4. The van der Waals surface area contributed by atoms with E-state index in [0.717, 1.165) is 24.5 Å². The standard InChI is InChI=1S/C46H85N9O32.Gd/c56-18-22(60)31(72)35(76)39(80)43(84)47-1-5-54(6-2-48-44(85)40(81)36(77)32(73)23(61)19-57)26(64)13-52(16-29(68)69)11-9-51(15-28(66)67)10-12-53(17-30(70)71)14-27(65)55(7-3-49-45(86)41(82)37(78)33(74)24(62)20-58)8-4-50-46(87)42(83)38(79)34(75)25(63)21-59;/h22-25,31-42,56-63,72-83H,1-21H2,(H,47,84)(H,48,85)(H,49,86)(H,50,87)(H,66,67)(H,68,69)(H,70,71);/q;+3/p-3/t22-,23-,24-,25-,31+,32+,33+,34+,35+,36+,37+,38+,39-,40-,41-,42-;/m0./s1. The Balaban J connectivity index is 0. The molecule has 0 fully saturated rings. The van der Waals surface area contributed by atoms with Gasteiger partial charge in [-0.2, -0.15) is 0 Å². The van der Waals surface area contributed by atoms with Crippen LogP contribution in [0, 0.1) is 39.9 Å². The van der Waals surface area contributed by atoms with Crippen molar-refractivity contribution in [2.75, 3.05) is 138 Å². The maximum absolute atomic E-state index is 13.8. The van der Waals surface area contributed by atoms with Gasteiger partial charge < -0.3 is 163 Å². The van der Waals surface area contributed by atoms with E-state index in [4.69, 9.17) is 20.4 Å². The van der Waals surface area contributed by atoms with Crippen molar-refractivity contribution in [3.05, 3.63) is 0 Å². The molecule has 0 aliphatic heterocycles. The summed E-state index contributed by atoms with van der Waals surface area (Å²) >= 11 is 0. The van der Waals surface area contributed by atoms with Gasteiger partial charge in [0.05, 0.1) is 57.4 Å². The van der Waals surface area contributed by atoms with E-state index >= 15 is 0 Å². The van der Waals surface area contributed by atoms with Gasteiger partial charge in [-0.25, -0.2) is 0 Å². The molecule has 0 aromatic carbocycles. The smallest absolute Gasteiger partial charge is 0.549 e. The van der Waals surface area contributed by atoms with Crippen LogP contribution in [0.1, 0.15) is 0 Å². The minimum atomic E-state index is -2.45. The van der Waals surface area contributed by atoms with Crippen LogP contribution in [0.3, 0.4) is 0 Å². The third kappa shape index (κ3) is 31.6. The number of aliphatic hydroxyl groups excluding tert-OH is 20. The van der Waals surface area contributed by atoms with Gasteiger partial charge in [0.2, 0.25) is 11.8 Å². The first-order chi connectivity index (χ1) is 40.6. The Morgan fingerprint density at radius 1 is 0.295 bits per heavy atom. The topological polar surface area (TPSA) is 692 Å². The normalized spacial score (nSPS) is 17.2. The van der Waals surface area contributed by atoms with Crippen LogP contribution in [-0.4, -0.2) is 415 Å². The zero-order chi connectivity index (χ0) is 67.0. The molecule has 0 saturated heterocycles. The van der Waals surface area contributed by atoms with E-state index in [2.05, 4.69) is 21.3 Å². The van der Waals surface area contributed by atoms with Gasteiger partial charge in [0.25, 0.3) is 23.6 Å². The number of aliphatic carboxylic acids is 3. The minimum absolute atomic E-state index is 0. The number of carboxylic acids is 3. The molecular formula is C46H82GdN9O32. The molecule has 42 heteroatoms. The monoisotopic (exact) mass is 1430 g/mol. The minimum Gasteiger partial charge on any atom is -0.549 e. The zero-order valence-corrected chi connectivity index (χ0v) is 49.3. The molecule has 41 nitrogen and oxygen atoms in total. The molecule has 0 rings (SSSR count). The van der Waals surface area contributed by atoms with Gasteiger partial charge in [-0.15, -0.1) is 0 Å². The number of amides is 6. The van der Waals surface area contributed by atoms with Crippen LogP contribution >= 0.6 is 0 Å². The molecule has 0 aromatic rings. The summed E-state index contributed by atoms with van der Waals surface area (Å²) in [5, 5.41) is 239. The molecule has 16 atom stereocenters. The molecule has 0 bridgehead atoms. The molecule has 6 amide bonds. The van der Waals surface area contributed by atoms with Crippen molar-refractivity contribution in [3.8, 4) is 0 Å². The van der Waals surface area contributed by atoms with Crippen LogP contribution in [0.25, 0.3) is 0 Å². The van der Waals surface area contributed by atoms with Gasteiger partial charge in [0.1, 0.15) is 73.2 Å². The number of carbonyl (C=O) groups is 9. The van der Waals surface area contributed by atoms with Crippen LogP contribution in [0.4, 0.5) is 0 Å². The van der Waals surface area contributed by atoms with Crippen molar-refractivity contribution >= 4 is 53.4 Å². The van der Waals surface area contributed by atoms with E-state index in [0.29, 0.717) is 0 Å². The summed E-state index contributed by atoms with van der Waals surface area (Å²) in [6, 6.07) is 0. The fourth-order valence-corrected chi connectivity index (χ4v) is 7.50. The molecule has 0 spiro atoms. The quantitative estimate of drug-likeness (QED) is 0.0269. The molecule has 0 unspecified atom stereocenters. The van der Waals surface area contributed by atoms with Gasteiger partial charge in [-0.1, -0.05) is 0 Å². The van der Waals surface area contributed by atoms with Gasteiger partial charge in [0, 0.05) is 98.2 Å². The van der Waals surface area contributed by atoms with E-state index < -0.39 is 289 Å². The number of carboxylic acid groups (broad SMARTS) is 3. The fraction of sp³-hybridized carbons (Fsp3) is 0.804. The maximum Gasteiger partial charge on any atom is 3.00 e. The number of nitrogens with one attached hydrogen (secondary N) is 4. The Bertz CT molecular complexity index is 1890. The zero-order valence-electron chi connectivity index (χ0n) is 47.0. The summed E-state index contributed by atoms with van der Waals surface area (Å²) in [7, 11) is 0. The molecule has 1 radical (unpaired) electrons. The Labute approximate surface area is 532 Å². The Hall–Kier alpha value is -4.37. The van der Waals surface area contributed by atoms with Gasteiger partial charge in [-0.05, 0) is 0 Å². The maximum atomic E-state index is 13.8. The molecule has 0 saturated carbocycles. The average Bonchev–Trinajstić information content (AvgIpc) is 3.60. The largest absolute Gasteiger partial charge is 3.00 e. The van der Waals surface area contributed by atoms with Crippen LogP contribution in [-0.2, 0) is 43.2 Å². The number of hydrogen-bond acceptors (Lipinski definition) is 35. The summed E-state index contributed by atoms with van der Waals surface area (Å²) in [5.74, 6) is -13.1. The van der Waals surface area contributed by atoms with E-state index in [1.165, 1.54) is 0 Å². The Morgan fingerprint density at radius 3 is 0.682 bits per heavy atom. The molecule has 88 heavy (non-hydrogen) atoms.